The molecule has 1 heterocycles. The molecule has 0 aliphatic rings. The van der Waals surface area contributed by atoms with Gasteiger partial charge < -0.3 is 16.2 Å². The molecule has 0 radical (unpaired) electrons. The zero-order valence-electron chi connectivity index (χ0n) is 9.92. The fourth-order valence-electron chi connectivity index (χ4n) is 1.62. The number of aromatic nitrogens is 2. The second kappa shape index (κ2) is 4.89. The molecule has 0 aliphatic carbocycles. The van der Waals surface area contributed by atoms with E-state index in [0.717, 1.165) is 5.56 Å². The minimum absolute atomic E-state index is 0.0442. The van der Waals surface area contributed by atoms with Crippen LogP contribution in [0.4, 0.5) is 5.82 Å². The zero-order chi connectivity index (χ0) is 13.1. The number of rotatable bonds is 3. The molecule has 94 valence electrons. The van der Waals surface area contributed by atoms with Gasteiger partial charge in [0.2, 0.25) is 0 Å². The maximum Gasteiger partial charge on any atom is 0.257 e. The number of phenolic OH excluding ortho intramolecular Hbond substituents is 1. The van der Waals surface area contributed by atoms with Crippen molar-refractivity contribution in [2.45, 2.75) is 6.54 Å². The Balaban J connectivity index is 2.21. The molecule has 0 spiro atoms. The van der Waals surface area contributed by atoms with Crippen molar-refractivity contribution in [2.75, 3.05) is 5.32 Å². The maximum atomic E-state index is 11.9. The second-order valence-electron chi connectivity index (χ2n) is 3.89. The molecule has 4 N–H and O–H groups in total. The van der Waals surface area contributed by atoms with Crippen LogP contribution in [0.1, 0.15) is 15.9 Å². The van der Waals surface area contributed by atoms with E-state index in [1.54, 1.807) is 30.1 Å². The number of nitrogens with two attached hydrogens (primary N) is 1. The molecule has 0 bridgehead atoms. The molecule has 0 saturated heterocycles. The van der Waals surface area contributed by atoms with Crippen molar-refractivity contribution in [1.29, 1.82) is 0 Å². The van der Waals surface area contributed by atoms with Gasteiger partial charge in [-0.05, 0) is 18.2 Å². The topological polar surface area (TPSA) is 93.2 Å². The Morgan fingerprint density at radius 1 is 1.56 bits per heavy atom. The Kier molecular flexibility index (Phi) is 3.29. The smallest absolute Gasteiger partial charge is 0.257 e. The Hall–Kier alpha value is -2.34. The van der Waals surface area contributed by atoms with Crippen molar-refractivity contribution in [3.05, 3.63) is 41.6 Å². The van der Waals surface area contributed by atoms with Gasteiger partial charge in [-0.3, -0.25) is 9.48 Å². The molecule has 0 unspecified atom stereocenters. The molecule has 0 saturated carbocycles. The normalized spacial score (nSPS) is 10.3. The van der Waals surface area contributed by atoms with Gasteiger partial charge >= 0.3 is 0 Å². The van der Waals surface area contributed by atoms with E-state index in [-0.39, 0.29) is 11.7 Å². The third-order valence-corrected chi connectivity index (χ3v) is 2.46. The minimum atomic E-state index is -0.334. The first-order chi connectivity index (χ1) is 8.60. The van der Waals surface area contributed by atoms with Crippen LogP contribution in [0.15, 0.2) is 30.5 Å². The highest BCUT2D eigenvalue weighted by atomic mass is 16.3. The lowest BCUT2D eigenvalue weighted by molar-refractivity contribution is 0.102. The summed E-state index contributed by atoms with van der Waals surface area (Å²) in [5, 5.41) is 16.1. The van der Waals surface area contributed by atoms with E-state index in [0.29, 0.717) is 17.9 Å². The number of carbonyl (C=O) groups is 1. The number of amides is 1. The number of phenols is 1. The van der Waals surface area contributed by atoms with E-state index >= 15 is 0 Å². The van der Waals surface area contributed by atoms with Gasteiger partial charge in [0, 0.05) is 30.9 Å². The molecule has 0 atom stereocenters. The molecule has 0 aliphatic heterocycles. The number of benzene rings is 1. The van der Waals surface area contributed by atoms with Gasteiger partial charge in [-0.2, -0.15) is 5.10 Å². The summed E-state index contributed by atoms with van der Waals surface area (Å²) in [6.45, 7) is 0.295. The molecule has 6 heteroatoms. The van der Waals surface area contributed by atoms with Gasteiger partial charge in [-0.15, -0.1) is 0 Å². The summed E-state index contributed by atoms with van der Waals surface area (Å²) in [6, 6.07) is 6.11. The average molecular weight is 246 g/mol. The molecule has 18 heavy (non-hydrogen) atoms. The standard InChI is InChI=1S/C12H14N4O2/c1-16-7-9(6-13)11(15-16)14-12(18)8-3-2-4-10(17)5-8/h2-5,7,17H,6,13H2,1H3,(H,14,15,18). The molecular weight excluding hydrogens is 232 g/mol. The molecule has 1 amide bonds. The van der Waals surface area contributed by atoms with Gasteiger partial charge in [0.1, 0.15) is 5.75 Å². The van der Waals surface area contributed by atoms with Crippen molar-refractivity contribution in [3.8, 4) is 5.75 Å². The fourth-order valence-corrected chi connectivity index (χ4v) is 1.62. The molecule has 1 aromatic carbocycles. The summed E-state index contributed by atoms with van der Waals surface area (Å²) in [4.78, 5) is 11.9. The summed E-state index contributed by atoms with van der Waals surface area (Å²) in [6.07, 6.45) is 1.75. The Bertz CT molecular complexity index is 577. The molecule has 2 rings (SSSR count). The Morgan fingerprint density at radius 3 is 3.00 bits per heavy atom. The quantitative estimate of drug-likeness (QED) is 0.748. The number of hydrogen-bond acceptors (Lipinski definition) is 4. The van der Waals surface area contributed by atoms with Crippen LogP contribution in [0.5, 0.6) is 5.75 Å². The Labute approximate surface area is 104 Å². The van der Waals surface area contributed by atoms with Crippen LogP contribution in [0.3, 0.4) is 0 Å². The average Bonchev–Trinajstić information content (AvgIpc) is 2.69. The lowest BCUT2D eigenvalue weighted by Gasteiger charge is -2.04. The van der Waals surface area contributed by atoms with Gasteiger partial charge in [0.25, 0.3) is 5.91 Å². The predicted octanol–water partition coefficient (Wildman–Crippen LogP) is 0.837. The highest BCUT2D eigenvalue weighted by Gasteiger charge is 2.12. The predicted molar refractivity (Wildman–Crippen MR) is 67.2 cm³/mol. The van der Waals surface area contributed by atoms with Gasteiger partial charge in [0.15, 0.2) is 5.82 Å². The van der Waals surface area contributed by atoms with Crippen LogP contribution in [0.2, 0.25) is 0 Å². The second-order valence-corrected chi connectivity index (χ2v) is 3.89. The van der Waals surface area contributed by atoms with Crippen LogP contribution in [0, 0.1) is 0 Å². The minimum Gasteiger partial charge on any atom is -0.508 e. The highest BCUT2D eigenvalue weighted by Crippen LogP contribution is 2.15. The lowest BCUT2D eigenvalue weighted by atomic mass is 10.2. The highest BCUT2D eigenvalue weighted by molar-refractivity contribution is 6.04. The molecule has 2 aromatic rings. The van der Waals surface area contributed by atoms with Crippen molar-refractivity contribution in [1.82, 2.24) is 9.78 Å². The van der Waals surface area contributed by atoms with Gasteiger partial charge in [0.05, 0.1) is 0 Å². The van der Waals surface area contributed by atoms with Crippen LogP contribution >= 0.6 is 0 Å². The van der Waals surface area contributed by atoms with Crippen molar-refractivity contribution >= 4 is 11.7 Å². The lowest BCUT2D eigenvalue weighted by Crippen LogP contribution is -2.14. The summed E-state index contributed by atoms with van der Waals surface area (Å²) in [7, 11) is 1.75. The first-order valence-corrected chi connectivity index (χ1v) is 5.43. The van der Waals surface area contributed by atoms with Gasteiger partial charge in [-0.1, -0.05) is 6.07 Å². The van der Waals surface area contributed by atoms with E-state index in [2.05, 4.69) is 10.4 Å². The van der Waals surface area contributed by atoms with E-state index in [4.69, 9.17) is 5.73 Å². The Morgan fingerprint density at radius 2 is 2.33 bits per heavy atom. The van der Waals surface area contributed by atoms with Crippen molar-refractivity contribution in [3.63, 3.8) is 0 Å². The van der Waals surface area contributed by atoms with Crippen molar-refractivity contribution < 1.29 is 9.90 Å². The third-order valence-electron chi connectivity index (χ3n) is 2.46. The third kappa shape index (κ3) is 2.49. The number of nitrogens with one attached hydrogen (secondary N) is 1. The summed E-state index contributed by atoms with van der Waals surface area (Å²) in [5.74, 6) is 0.148. The zero-order valence-corrected chi connectivity index (χ0v) is 9.92. The monoisotopic (exact) mass is 246 g/mol. The summed E-state index contributed by atoms with van der Waals surface area (Å²) < 4.78 is 1.58. The summed E-state index contributed by atoms with van der Waals surface area (Å²) >= 11 is 0. The number of nitrogens with zero attached hydrogens (tertiary/aromatic N) is 2. The van der Waals surface area contributed by atoms with Crippen LogP contribution in [0.25, 0.3) is 0 Å². The number of hydrogen-bond donors (Lipinski definition) is 3. The number of carbonyl (C=O) groups excluding carboxylic acids is 1. The molecule has 6 nitrogen and oxygen atoms in total. The maximum absolute atomic E-state index is 11.9. The first kappa shape index (κ1) is 12.1. The van der Waals surface area contributed by atoms with Crippen LogP contribution < -0.4 is 11.1 Å². The first-order valence-electron chi connectivity index (χ1n) is 5.43. The van der Waals surface area contributed by atoms with Crippen LogP contribution in [-0.4, -0.2) is 20.8 Å². The summed E-state index contributed by atoms with van der Waals surface area (Å²) in [5.41, 5.74) is 6.68. The molecular formula is C12H14N4O2. The molecule has 1 aromatic heterocycles. The van der Waals surface area contributed by atoms with E-state index in [9.17, 15) is 9.90 Å². The van der Waals surface area contributed by atoms with E-state index < -0.39 is 0 Å². The van der Waals surface area contributed by atoms with Crippen LogP contribution in [-0.2, 0) is 13.6 Å². The number of aryl methyl sites for hydroxylation is 1. The largest absolute Gasteiger partial charge is 0.508 e. The SMILES string of the molecule is Cn1cc(CN)c(NC(=O)c2cccc(O)c2)n1. The fraction of sp³-hybridized carbons (Fsp3) is 0.167. The van der Waals surface area contributed by atoms with E-state index in [1.807, 2.05) is 0 Å². The number of anilines is 1. The molecule has 0 fully saturated rings. The van der Waals surface area contributed by atoms with Crippen molar-refractivity contribution in [2.24, 2.45) is 12.8 Å². The van der Waals surface area contributed by atoms with E-state index in [1.165, 1.54) is 12.1 Å². The van der Waals surface area contributed by atoms with Gasteiger partial charge in [-0.25, -0.2) is 0 Å². The number of aromatic hydroxyl groups is 1.